The van der Waals surface area contributed by atoms with Gasteiger partial charge in [0.2, 0.25) is 5.95 Å². The van der Waals surface area contributed by atoms with Crippen molar-refractivity contribution in [1.29, 1.82) is 0 Å². The van der Waals surface area contributed by atoms with Gasteiger partial charge in [-0.05, 0) is 31.5 Å². The molecular weight excluding hydrogens is 437 g/mol. The summed E-state index contributed by atoms with van der Waals surface area (Å²) < 4.78 is 44.6. The Labute approximate surface area is 191 Å². The molecule has 1 aliphatic rings. The van der Waals surface area contributed by atoms with Crippen LogP contribution in [-0.4, -0.2) is 72.1 Å². The minimum Gasteiger partial charge on any atom is -0.495 e. The molecule has 1 fully saturated rings. The van der Waals surface area contributed by atoms with Crippen molar-refractivity contribution in [1.82, 2.24) is 19.8 Å². The number of amides is 1. The third-order valence-corrected chi connectivity index (χ3v) is 5.84. The van der Waals surface area contributed by atoms with Gasteiger partial charge in [-0.3, -0.25) is 9.69 Å². The molecule has 1 amide bonds. The maximum Gasteiger partial charge on any atom is 0.421 e. The van der Waals surface area contributed by atoms with Crippen molar-refractivity contribution in [3.05, 3.63) is 35.5 Å². The summed E-state index contributed by atoms with van der Waals surface area (Å²) in [5.74, 6) is -0.117. The molecule has 1 atom stereocenters. The molecule has 0 spiro atoms. The molecule has 3 rings (SSSR count). The highest BCUT2D eigenvalue weighted by Gasteiger charge is 2.35. The van der Waals surface area contributed by atoms with E-state index in [1.807, 2.05) is 4.90 Å². The zero-order valence-corrected chi connectivity index (χ0v) is 19.2. The van der Waals surface area contributed by atoms with Gasteiger partial charge in [0.25, 0.3) is 5.91 Å². The zero-order chi connectivity index (χ0) is 24.2. The first kappa shape index (κ1) is 24.6. The van der Waals surface area contributed by atoms with Crippen LogP contribution in [0.5, 0.6) is 5.75 Å². The van der Waals surface area contributed by atoms with Crippen molar-refractivity contribution < 1.29 is 22.7 Å². The van der Waals surface area contributed by atoms with Gasteiger partial charge in [0.1, 0.15) is 17.1 Å². The van der Waals surface area contributed by atoms with Crippen LogP contribution in [0.1, 0.15) is 36.2 Å². The van der Waals surface area contributed by atoms with Gasteiger partial charge < -0.3 is 20.3 Å². The number of alkyl halides is 3. The van der Waals surface area contributed by atoms with Gasteiger partial charge in [0.05, 0.1) is 12.8 Å². The lowest BCUT2D eigenvalue weighted by Crippen LogP contribution is -2.51. The molecular formula is C22H29F3N6O2. The van der Waals surface area contributed by atoms with E-state index in [2.05, 4.69) is 39.3 Å². The fourth-order valence-electron chi connectivity index (χ4n) is 3.69. The topological polar surface area (TPSA) is 82.6 Å². The highest BCUT2D eigenvalue weighted by Crippen LogP contribution is 2.34. The summed E-state index contributed by atoms with van der Waals surface area (Å²) in [4.78, 5) is 24.8. The molecule has 0 radical (unpaired) electrons. The molecule has 8 nitrogen and oxygen atoms in total. The number of carbonyl (C=O) groups is 1. The van der Waals surface area contributed by atoms with Crippen LogP contribution >= 0.6 is 0 Å². The standard InChI is InChI=1S/C22H29F3N6O2/c1-5-14(2)30-8-10-31(11-9-30)20(32)15-6-7-17(18(12-15)33-4)28-21-27-13-16(22(23,24)25)19(26-3)29-21/h6-7,12-14H,5,8-11H2,1-4H3,(H2,26,27,28,29). The molecule has 1 saturated heterocycles. The summed E-state index contributed by atoms with van der Waals surface area (Å²) in [6.45, 7) is 7.30. The van der Waals surface area contributed by atoms with Crippen molar-refractivity contribution in [3.8, 4) is 5.75 Å². The first-order valence-electron chi connectivity index (χ1n) is 10.8. The number of halogens is 3. The molecule has 1 aromatic carbocycles. The fraction of sp³-hybridized carbons (Fsp3) is 0.500. The quantitative estimate of drug-likeness (QED) is 0.642. The van der Waals surface area contributed by atoms with Crippen molar-refractivity contribution in [3.63, 3.8) is 0 Å². The number of anilines is 3. The summed E-state index contributed by atoms with van der Waals surface area (Å²) in [5.41, 5.74) is -0.0621. The van der Waals surface area contributed by atoms with E-state index in [0.717, 1.165) is 19.5 Å². The van der Waals surface area contributed by atoms with Crippen molar-refractivity contribution in [2.24, 2.45) is 0 Å². The molecule has 180 valence electrons. The third-order valence-electron chi connectivity index (χ3n) is 5.84. The number of ether oxygens (including phenoxy) is 1. The van der Waals surface area contributed by atoms with Gasteiger partial charge in [-0.25, -0.2) is 4.98 Å². The Bertz CT molecular complexity index is 977. The van der Waals surface area contributed by atoms with Crippen LogP contribution in [0.15, 0.2) is 24.4 Å². The molecule has 0 aliphatic carbocycles. The Morgan fingerprint density at radius 1 is 1.24 bits per heavy atom. The lowest BCUT2D eigenvalue weighted by molar-refractivity contribution is -0.137. The number of nitrogens with zero attached hydrogens (tertiary/aromatic N) is 4. The van der Waals surface area contributed by atoms with Gasteiger partial charge in [0, 0.05) is 51.0 Å². The number of rotatable bonds is 7. The second-order valence-electron chi connectivity index (χ2n) is 7.83. The van der Waals surface area contributed by atoms with Crippen molar-refractivity contribution in [2.75, 3.05) is 51.0 Å². The normalized spacial score (nSPS) is 15.8. The summed E-state index contributed by atoms with van der Waals surface area (Å²) in [5, 5.41) is 5.30. The smallest absolute Gasteiger partial charge is 0.421 e. The van der Waals surface area contributed by atoms with E-state index in [1.165, 1.54) is 14.2 Å². The number of hydrogen-bond donors (Lipinski definition) is 2. The average Bonchev–Trinajstić information content (AvgIpc) is 2.82. The summed E-state index contributed by atoms with van der Waals surface area (Å²) in [7, 11) is 2.80. The zero-order valence-electron chi connectivity index (χ0n) is 19.2. The van der Waals surface area contributed by atoms with E-state index in [0.29, 0.717) is 42.3 Å². The number of piperazine rings is 1. The van der Waals surface area contributed by atoms with Gasteiger partial charge in [-0.15, -0.1) is 0 Å². The maximum absolute atomic E-state index is 13.1. The predicted octanol–water partition coefficient (Wildman–Crippen LogP) is 3.85. The molecule has 0 saturated carbocycles. The second-order valence-corrected chi connectivity index (χ2v) is 7.83. The van der Waals surface area contributed by atoms with E-state index in [-0.39, 0.29) is 17.7 Å². The third kappa shape index (κ3) is 5.65. The molecule has 2 aromatic rings. The van der Waals surface area contributed by atoms with Gasteiger partial charge in [-0.1, -0.05) is 6.92 Å². The highest BCUT2D eigenvalue weighted by atomic mass is 19.4. The molecule has 2 heterocycles. The Kier molecular flexibility index (Phi) is 7.62. The first-order chi connectivity index (χ1) is 15.7. The van der Waals surface area contributed by atoms with Gasteiger partial charge >= 0.3 is 6.18 Å². The number of nitrogens with one attached hydrogen (secondary N) is 2. The van der Waals surface area contributed by atoms with Crippen LogP contribution < -0.4 is 15.4 Å². The van der Waals surface area contributed by atoms with E-state index in [9.17, 15) is 18.0 Å². The van der Waals surface area contributed by atoms with Gasteiger partial charge in [0.15, 0.2) is 0 Å². The Morgan fingerprint density at radius 3 is 2.52 bits per heavy atom. The summed E-state index contributed by atoms with van der Waals surface area (Å²) >= 11 is 0. The maximum atomic E-state index is 13.1. The molecule has 2 N–H and O–H groups in total. The number of carbonyl (C=O) groups excluding carboxylic acids is 1. The SMILES string of the molecule is CCC(C)N1CCN(C(=O)c2ccc(Nc3ncc(C(F)(F)F)c(NC)n3)c(OC)c2)CC1. The van der Waals surface area contributed by atoms with E-state index in [4.69, 9.17) is 4.74 Å². The van der Waals surface area contributed by atoms with Crippen LogP contribution in [0.2, 0.25) is 0 Å². The molecule has 1 unspecified atom stereocenters. The number of benzene rings is 1. The first-order valence-corrected chi connectivity index (χ1v) is 10.8. The number of methoxy groups -OCH3 is 1. The minimum atomic E-state index is -4.57. The lowest BCUT2D eigenvalue weighted by Gasteiger charge is -2.37. The second kappa shape index (κ2) is 10.2. The predicted molar refractivity (Wildman–Crippen MR) is 120 cm³/mol. The number of hydrogen-bond acceptors (Lipinski definition) is 7. The minimum absolute atomic E-state index is 0.0362. The molecule has 1 aromatic heterocycles. The van der Waals surface area contributed by atoms with Crippen molar-refractivity contribution in [2.45, 2.75) is 32.5 Å². The highest BCUT2D eigenvalue weighted by molar-refractivity contribution is 5.95. The van der Waals surface area contributed by atoms with Crippen LogP contribution in [0.4, 0.5) is 30.6 Å². The lowest BCUT2D eigenvalue weighted by atomic mass is 10.1. The Hall–Kier alpha value is -3.08. The molecule has 1 aliphatic heterocycles. The van der Waals surface area contributed by atoms with Crippen LogP contribution in [0.3, 0.4) is 0 Å². The monoisotopic (exact) mass is 466 g/mol. The Balaban J connectivity index is 1.75. The van der Waals surface area contributed by atoms with Crippen molar-refractivity contribution >= 4 is 23.4 Å². The van der Waals surface area contributed by atoms with E-state index in [1.54, 1.807) is 18.2 Å². The van der Waals surface area contributed by atoms with Crippen LogP contribution in [-0.2, 0) is 6.18 Å². The number of aromatic nitrogens is 2. The summed E-state index contributed by atoms with van der Waals surface area (Å²) in [6, 6.07) is 5.37. The van der Waals surface area contributed by atoms with Gasteiger partial charge in [-0.2, -0.15) is 18.2 Å². The molecule has 0 bridgehead atoms. The summed E-state index contributed by atoms with van der Waals surface area (Å²) in [6.07, 6.45) is -2.79. The molecule has 33 heavy (non-hydrogen) atoms. The van der Waals surface area contributed by atoms with Crippen LogP contribution in [0.25, 0.3) is 0 Å². The van der Waals surface area contributed by atoms with E-state index >= 15 is 0 Å². The van der Waals surface area contributed by atoms with Crippen LogP contribution in [0, 0.1) is 0 Å². The van der Waals surface area contributed by atoms with E-state index < -0.39 is 11.7 Å². The fourth-order valence-corrected chi connectivity index (χ4v) is 3.69. The molecule has 11 heteroatoms. The Morgan fingerprint density at radius 2 is 1.94 bits per heavy atom. The average molecular weight is 467 g/mol. The largest absolute Gasteiger partial charge is 0.495 e.